The predicted octanol–water partition coefficient (Wildman–Crippen LogP) is 2.32. The van der Waals surface area contributed by atoms with Gasteiger partial charge < -0.3 is 14.6 Å². The normalized spacial score (nSPS) is 14.8. The van der Waals surface area contributed by atoms with Crippen molar-refractivity contribution in [3.05, 3.63) is 96.5 Å². The summed E-state index contributed by atoms with van der Waals surface area (Å²) in [5, 5.41) is 21.7. The molecule has 0 fully saturated rings. The number of para-hydroxylation sites is 1. The number of aromatic carboxylic acids is 1. The standard InChI is InChI=1S/C23H14N2O4S2/c26-21-20(31-23(30)25(21)15-7-5-13(6-8-15)22(27)28)12-16-9-10-19(29-16)18-11-14-3-1-2-4-17(14)24-18/h1-12,26H,(H,27,28)/b16-12+,19-18+. The minimum absolute atomic E-state index is 0.0341. The number of aromatic hydroxyl groups is 1. The maximum Gasteiger partial charge on any atom is 0.335 e. The van der Waals surface area contributed by atoms with E-state index < -0.39 is 5.97 Å². The highest BCUT2D eigenvalue weighted by Crippen LogP contribution is 2.30. The first-order chi connectivity index (χ1) is 15.0. The van der Waals surface area contributed by atoms with Crippen molar-refractivity contribution in [1.29, 1.82) is 0 Å². The Morgan fingerprint density at radius 3 is 2.61 bits per heavy atom. The SMILES string of the molecule is O=C(O)c1ccc(-n2c(O)c(/C=c3\cc/c(=C4/C=c5ccccc5=N4)o3)sc2=S)cc1. The van der Waals surface area contributed by atoms with Gasteiger partial charge in [0.1, 0.15) is 11.1 Å². The maximum atomic E-state index is 11.1. The number of carboxylic acid groups (broad SMARTS) is 1. The molecule has 5 rings (SSSR count). The summed E-state index contributed by atoms with van der Waals surface area (Å²) in [6.07, 6.45) is 3.68. The van der Waals surface area contributed by atoms with Crippen LogP contribution in [0.1, 0.15) is 15.2 Å². The van der Waals surface area contributed by atoms with Crippen LogP contribution in [0.4, 0.5) is 0 Å². The van der Waals surface area contributed by atoms with Crippen molar-refractivity contribution in [1.82, 2.24) is 4.57 Å². The van der Waals surface area contributed by atoms with Gasteiger partial charge in [-0.3, -0.25) is 4.57 Å². The number of furan rings is 1. The summed E-state index contributed by atoms with van der Waals surface area (Å²) < 4.78 is 7.85. The van der Waals surface area contributed by atoms with Gasteiger partial charge in [0, 0.05) is 11.3 Å². The molecule has 2 aromatic carbocycles. The van der Waals surface area contributed by atoms with Crippen molar-refractivity contribution in [2.24, 2.45) is 4.99 Å². The van der Waals surface area contributed by atoms with Crippen molar-refractivity contribution in [2.75, 3.05) is 0 Å². The molecule has 2 aromatic heterocycles. The number of hydrogen-bond acceptors (Lipinski definition) is 6. The molecular formula is C23H14N2O4S2. The van der Waals surface area contributed by atoms with Gasteiger partial charge in [0.2, 0.25) is 5.88 Å². The summed E-state index contributed by atoms with van der Waals surface area (Å²) >= 11 is 6.64. The second-order valence-electron chi connectivity index (χ2n) is 6.79. The molecule has 0 saturated heterocycles. The molecule has 0 atom stereocenters. The number of carboxylic acids is 1. The number of thiazole rings is 1. The molecule has 31 heavy (non-hydrogen) atoms. The maximum absolute atomic E-state index is 11.1. The van der Waals surface area contributed by atoms with Crippen molar-refractivity contribution < 1.29 is 19.4 Å². The summed E-state index contributed by atoms with van der Waals surface area (Å²) in [6, 6.07) is 17.6. The average molecular weight is 447 g/mol. The van der Waals surface area contributed by atoms with Crippen LogP contribution in [0.5, 0.6) is 5.88 Å². The zero-order valence-corrected chi connectivity index (χ0v) is 17.5. The molecule has 1 aliphatic rings. The molecule has 4 aromatic rings. The molecule has 0 saturated carbocycles. The highest BCUT2D eigenvalue weighted by atomic mass is 32.1. The molecule has 152 valence electrons. The molecule has 2 N–H and O–H groups in total. The lowest BCUT2D eigenvalue weighted by Crippen LogP contribution is -2.19. The fourth-order valence-corrected chi connectivity index (χ4v) is 4.59. The predicted molar refractivity (Wildman–Crippen MR) is 120 cm³/mol. The third-order valence-corrected chi connectivity index (χ3v) is 6.12. The summed E-state index contributed by atoms with van der Waals surface area (Å²) in [7, 11) is 0. The van der Waals surface area contributed by atoms with Crippen molar-refractivity contribution >= 4 is 47.4 Å². The molecule has 0 bridgehead atoms. The van der Waals surface area contributed by atoms with E-state index in [-0.39, 0.29) is 11.4 Å². The van der Waals surface area contributed by atoms with E-state index in [2.05, 4.69) is 4.99 Å². The lowest BCUT2D eigenvalue weighted by atomic mass is 10.2. The number of carbonyl (C=O) groups is 1. The van der Waals surface area contributed by atoms with E-state index in [1.807, 2.05) is 42.5 Å². The fraction of sp³-hybridized carbons (Fsp3) is 0. The van der Waals surface area contributed by atoms with E-state index in [1.54, 1.807) is 18.2 Å². The molecule has 0 radical (unpaired) electrons. The number of fused-ring (bicyclic) bond motifs is 1. The van der Waals surface area contributed by atoms with Gasteiger partial charge in [-0.05, 0) is 60.8 Å². The molecular weight excluding hydrogens is 432 g/mol. The first-order valence-electron chi connectivity index (χ1n) is 9.25. The van der Waals surface area contributed by atoms with Gasteiger partial charge in [0.15, 0.2) is 9.37 Å². The van der Waals surface area contributed by atoms with Crippen LogP contribution >= 0.6 is 23.6 Å². The molecule has 1 aliphatic heterocycles. The monoisotopic (exact) mass is 446 g/mol. The smallest absolute Gasteiger partial charge is 0.335 e. The van der Waals surface area contributed by atoms with Gasteiger partial charge in [0.05, 0.1) is 21.5 Å². The van der Waals surface area contributed by atoms with Gasteiger partial charge in [-0.1, -0.05) is 18.2 Å². The Labute approximate surface area is 184 Å². The second-order valence-corrected chi connectivity index (χ2v) is 8.47. The first kappa shape index (κ1) is 19.2. The third kappa shape index (κ3) is 3.52. The van der Waals surface area contributed by atoms with Gasteiger partial charge in [0.25, 0.3) is 0 Å². The number of aromatic nitrogens is 1. The van der Waals surface area contributed by atoms with E-state index in [1.165, 1.54) is 28.0 Å². The summed E-state index contributed by atoms with van der Waals surface area (Å²) in [5.41, 5.74) is 2.68. The molecule has 0 unspecified atom stereocenters. The molecule has 3 heterocycles. The van der Waals surface area contributed by atoms with Crippen LogP contribution in [0.3, 0.4) is 0 Å². The van der Waals surface area contributed by atoms with Crippen LogP contribution in [0, 0.1) is 3.95 Å². The van der Waals surface area contributed by atoms with Crippen LogP contribution < -0.4 is 21.4 Å². The Bertz CT molecular complexity index is 1600. The largest absolute Gasteiger partial charge is 0.493 e. The number of rotatable bonds is 3. The van der Waals surface area contributed by atoms with E-state index >= 15 is 0 Å². The van der Waals surface area contributed by atoms with Crippen molar-refractivity contribution in [3.63, 3.8) is 0 Å². The Morgan fingerprint density at radius 2 is 1.87 bits per heavy atom. The lowest BCUT2D eigenvalue weighted by Gasteiger charge is -2.05. The molecule has 8 heteroatoms. The van der Waals surface area contributed by atoms with E-state index in [9.17, 15) is 9.90 Å². The lowest BCUT2D eigenvalue weighted by molar-refractivity contribution is 0.0697. The van der Waals surface area contributed by atoms with Crippen LogP contribution in [0.25, 0.3) is 23.5 Å². The van der Waals surface area contributed by atoms with E-state index in [0.29, 0.717) is 25.3 Å². The highest BCUT2D eigenvalue weighted by molar-refractivity contribution is 7.73. The first-order valence-corrected chi connectivity index (χ1v) is 10.5. The Hall–Kier alpha value is -3.75. The Kier molecular flexibility index (Phi) is 4.65. The van der Waals surface area contributed by atoms with Crippen LogP contribution in [-0.2, 0) is 0 Å². The number of nitrogens with zero attached hydrogens (tertiary/aromatic N) is 2. The number of hydrogen-bond donors (Lipinski definition) is 2. The quantitative estimate of drug-likeness (QED) is 0.472. The van der Waals surface area contributed by atoms with Crippen molar-refractivity contribution in [3.8, 4) is 11.6 Å². The van der Waals surface area contributed by atoms with Crippen LogP contribution in [0.15, 0.2) is 70.1 Å². The highest BCUT2D eigenvalue weighted by Gasteiger charge is 2.13. The zero-order chi connectivity index (χ0) is 21.5. The average Bonchev–Trinajstić information content (AvgIpc) is 3.46. The molecule has 6 nitrogen and oxygen atoms in total. The third-order valence-electron chi connectivity index (χ3n) is 4.81. The topological polar surface area (TPSA) is 88.0 Å². The summed E-state index contributed by atoms with van der Waals surface area (Å²) in [5.74, 6) is -1.05. The molecule has 0 aliphatic carbocycles. The summed E-state index contributed by atoms with van der Waals surface area (Å²) in [6.45, 7) is 0. The Balaban J connectivity index is 1.56. The summed E-state index contributed by atoms with van der Waals surface area (Å²) in [4.78, 5) is 16.2. The second kappa shape index (κ2) is 7.50. The van der Waals surface area contributed by atoms with E-state index in [4.69, 9.17) is 21.7 Å². The molecule has 0 spiro atoms. The number of benzene rings is 2. The minimum atomic E-state index is -1.01. The fourth-order valence-electron chi connectivity index (χ4n) is 3.30. The van der Waals surface area contributed by atoms with Gasteiger partial charge in [-0.2, -0.15) is 0 Å². The van der Waals surface area contributed by atoms with Gasteiger partial charge in [-0.15, -0.1) is 11.3 Å². The zero-order valence-electron chi connectivity index (χ0n) is 15.9. The van der Waals surface area contributed by atoms with Crippen molar-refractivity contribution in [2.45, 2.75) is 0 Å². The van der Waals surface area contributed by atoms with Crippen LogP contribution in [0.2, 0.25) is 0 Å². The minimum Gasteiger partial charge on any atom is -0.493 e. The van der Waals surface area contributed by atoms with E-state index in [0.717, 1.165) is 16.3 Å². The van der Waals surface area contributed by atoms with Gasteiger partial charge in [-0.25, -0.2) is 9.79 Å². The Morgan fingerprint density at radius 1 is 1.10 bits per heavy atom. The molecule has 0 amide bonds. The van der Waals surface area contributed by atoms with Gasteiger partial charge >= 0.3 is 5.97 Å². The van der Waals surface area contributed by atoms with Crippen LogP contribution in [-0.4, -0.2) is 20.7 Å².